The van der Waals surface area contributed by atoms with E-state index in [0.29, 0.717) is 18.4 Å². The lowest BCUT2D eigenvalue weighted by molar-refractivity contribution is -0.114. The fourth-order valence-corrected chi connectivity index (χ4v) is 2.93. The van der Waals surface area contributed by atoms with Crippen LogP contribution >= 0.6 is 0 Å². The van der Waals surface area contributed by atoms with Crippen molar-refractivity contribution < 1.29 is 14.7 Å². The van der Waals surface area contributed by atoms with Crippen LogP contribution in [0.4, 0.5) is 0 Å². The van der Waals surface area contributed by atoms with Crippen LogP contribution in [0, 0.1) is 5.92 Å². The Kier molecular flexibility index (Phi) is 9.28. The van der Waals surface area contributed by atoms with Crippen molar-refractivity contribution in [2.45, 2.75) is 65.9 Å². The summed E-state index contributed by atoms with van der Waals surface area (Å²) in [7, 11) is 1.95. The number of rotatable bonds is 10. The van der Waals surface area contributed by atoms with Gasteiger partial charge in [0, 0.05) is 18.3 Å². The fourth-order valence-electron chi connectivity index (χ4n) is 2.93. The molecule has 0 saturated carbocycles. The van der Waals surface area contributed by atoms with Crippen molar-refractivity contribution in [1.29, 1.82) is 0 Å². The van der Waals surface area contributed by atoms with Gasteiger partial charge in [0.15, 0.2) is 11.6 Å². The number of hydrogen-bond donors (Lipinski definition) is 2. The zero-order valence-electron chi connectivity index (χ0n) is 16.8. The average Bonchev–Trinajstić information content (AvgIpc) is 2.60. The third kappa shape index (κ3) is 7.52. The third-order valence-corrected chi connectivity index (χ3v) is 4.91. The van der Waals surface area contributed by atoms with Crippen LogP contribution in [0.5, 0.6) is 0 Å². The second-order valence-corrected chi connectivity index (χ2v) is 7.37. The molecule has 4 nitrogen and oxygen atoms in total. The van der Waals surface area contributed by atoms with Crippen LogP contribution in [0.25, 0.3) is 0 Å². The maximum atomic E-state index is 11.7. The molecule has 2 N–H and O–H groups in total. The van der Waals surface area contributed by atoms with Crippen molar-refractivity contribution in [2.75, 3.05) is 7.05 Å². The molecule has 1 aliphatic rings. The topological polar surface area (TPSA) is 66.4 Å². The van der Waals surface area contributed by atoms with E-state index >= 15 is 0 Å². The highest BCUT2D eigenvalue weighted by Crippen LogP contribution is 2.20. The number of ketones is 2. The normalized spacial score (nSPS) is 17.0. The van der Waals surface area contributed by atoms with Gasteiger partial charge in [0.25, 0.3) is 0 Å². The summed E-state index contributed by atoms with van der Waals surface area (Å²) >= 11 is 0. The van der Waals surface area contributed by atoms with E-state index in [-0.39, 0.29) is 17.5 Å². The minimum Gasteiger partial charge on any atom is -0.393 e. The first-order valence-corrected chi connectivity index (χ1v) is 9.39. The standard InChI is InChI=1S/C22H33NO3/c1-15(2)20(23-5)11-7-16(3)6-8-17(4)21(25)12-9-18-14-19(24)10-13-22(18)26/h6,10,13-14,17,21,23,25H,7-9,11-12H2,1-5H3. The van der Waals surface area contributed by atoms with Crippen LogP contribution in [-0.4, -0.2) is 29.8 Å². The van der Waals surface area contributed by atoms with E-state index in [0.717, 1.165) is 19.3 Å². The number of hydrogen-bond acceptors (Lipinski definition) is 4. The summed E-state index contributed by atoms with van der Waals surface area (Å²) in [4.78, 5) is 23.1. The van der Waals surface area contributed by atoms with Gasteiger partial charge < -0.3 is 10.4 Å². The maximum Gasteiger partial charge on any atom is 0.182 e. The molecule has 0 heterocycles. The number of carbonyl (C=O) groups excluding carboxylic acids is 2. The van der Waals surface area contributed by atoms with Gasteiger partial charge in [0.05, 0.1) is 6.10 Å². The van der Waals surface area contributed by atoms with Gasteiger partial charge in [-0.2, -0.15) is 0 Å². The molecule has 1 aliphatic carbocycles. The molecule has 0 spiro atoms. The third-order valence-electron chi connectivity index (χ3n) is 4.91. The van der Waals surface area contributed by atoms with Gasteiger partial charge in [-0.3, -0.25) is 9.59 Å². The van der Waals surface area contributed by atoms with Gasteiger partial charge in [0.1, 0.15) is 0 Å². The van der Waals surface area contributed by atoms with Crippen molar-refractivity contribution >= 4 is 11.6 Å². The molecule has 0 amide bonds. The van der Waals surface area contributed by atoms with Crippen molar-refractivity contribution in [2.24, 2.45) is 5.92 Å². The van der Waals surface area contributed by atoms with Gasteiger partial charge in [0.2, 0.25) is 0 Å². The average molecular weight is 360 g/mol. The predicted molar refractivity (Wildman–Crippen MR) is 107 cm³/mol. The summed E-state index contributed by atoms with van der Waals surface area (Å²) in [6, 6.07) is 0. The number of aliphatic hydroxyl groups excluding tert-OH is 1. The highest BCUT2D eigenvalue weighted by Gasteiger charge is 2.18. The van der Waals surface area contributed by atoms with E-state index in [1.807, 2.05) is 14.0 Å². The summed E-state index contributed by atoms with van der Waals surface area (Å²) in [6.45, 7) is 8.37. The van der Waals surface area contributed by atoms with Crippen LogP contribution in [-0.2, 0) is 9.59 Å². The molecule has 0 bridgehead atoms. The van der Waals surface area contributed by atoms with Gasteiger partial charge >= 0.3 is 0 Å². The summed E-state index contributed by atoms with van der Waals surface area (Å²) in [5.41, 5.74) is 4.40. The largest absolute Gasteiger partial charge is 0.393 e. The van der Waals surface area contributed by atoms with Crippen LogP contribution in [0.3, 0.4) is 0 Å². The molecule has 26 heavy (non-hydrogen) atoms. The van der Waals surface area contributed by atoms with E-state index in [2.05, 4.69) is 32.2 Å². The van der Waals surface area contributed by atoms with E-state index in [1.165, 1.54) is 35.1 Å². The van der Waals surface area contributed by atoms with E-state index in [4.69, 9.17) is 0 Å². The Bertz CT molecular complexity index is 634. The molecule has 144 valence electrons. The zero-order chi connectivity index (χ0) is 19.7. The molecular weight excluding hydrogens is 326 g/mol. The number of aliphatic hydroxyl groups is 1. The summed E-state index contributed by atoms with van der Waals surface area (Å²) in [5, 5.41) is 13.6. The van der Waals surface area contributed by atoms with Crippen LogP contribution in [0.15, 0.2) is 46.7 Å². The minimum atomic E-state index is -0.487. The lowest BCUT2D eigenvalue weighted by atomic mass is 9.91. The van der Waals surface area contributed by atoms with E-state index < -0.39 is 6.10 Å². The van der Waals surface area contributed by atoms with Crippen molar-refractivity contribution in [3.63, 3.8) is 0 Å². The Hall–Kier alpha value is -1.94. The van der Waals surface area contributed by atoms with Gasteiger partial charge in [-0.05, 0) is 77.0 Å². The van der Waals surface area contributed by atoms with Crippen molar-refractivity contribution in [3.8, 4) is 0 Å². The van der Waals surface area contributed by atoms with Crippen LogP contribution in [0.2, 0.25) is 0 Å². The van der Waals surface area contributed by atoms with Crippen molar-refractivity contribution in [1.82, 2.24) is 5.32 Å². The van der Waals surface area contributed by atoms with Gasteiger partial charge in [-0.15, -0.1) is 0 Å². The highest BCUT2D eigenvalue weighted by atomic mass is 16.3. The number of nitrogens with one attached hydrogen (secondary N) is 1. The molecule has 0 aromatic rings. The number of allylic oxidation sites excluding steroid dienone is 8. The second kappa shape index (κ2) is 10.9. The lowest BCUT2D eigenvalue weighted by Crippen LogP contribution is -2.18. The molecule has 0 fully saturated rings. The quantitative estimate of drug-likeness (QED) is 0.456. The summed E-state index contributed by atoms with van der Waals surface area (Å²) in [6.07, 6.45) is 9.43. The minimum absolute atomic E-state index is 0.114. The van der Waals surface area contributed by atoms with E-state index in [1.54, 1.807) is 0 Å². The Morgan fingerprint density at radius 2 is 1.88 bits per heavy atom. The molecule has 0 aromatic heterocycles. The predicted octanol–water partition coefficient (Wildman–Crippen LogP) is 4.03. The molecule has 1 rings (SSSR count). The molecule has 0 radical (unpaired) electrons. The first kappa shape index (κ1) is 22.1. The highest BCUT2D eigenvalue weighted by molar-refractivity contribution is 6.17. The molecule has 4 heteroatoms. The Morgan fingerprint density at radius 1 is 1.19 bits per heavy atom. The number of carbonyl (C=O) groups is 2. The molecular formula is C22H33NO3. The van der Waals surface area contributed by atoms with E-state index in [9.17, 15) is 14.7 Å². The molecule has 0 saturated heterocycles. The smallest absolute Gasteiger partial charge is 0.182 e. The summed E-state index contributed by atoms with van der Waals surface area (Å²) in [5.74, 6) is -0.166. The van der Waals surface area contributed by atoms with Crippen LogP contribution in [0.1, 0.15) is 59.8 Å². The van der Waals surface area contributed by atoms with Crippen molar-refractivity contribution in [3.05, 3.63) is 46.7 Å². The monoisotopic (exact) mass is 359 g/mol. The maximum absolute atomic E-state index is 11.7. The Morgan fingerprint density at radius 3 is 2.50 bits per heavy atom. The zero-order valence-corrected chi connectivity index (χ0v) is 16.8. The lowest BCUT2D eigenvalue weighted by Gasteiger charge is -2.18. The Labute approximate surface area is 157 Å². The Balaban J connectivity index is 2.44. The van der Waals surface area contributed by atoms with Gasteiger partial charge in [-0.25, -0.2) is 0 Å². The summed E-state index contributed by atoms with van der Waals surface area (Å²) < 4.78 is 0. The van der Waals surface area contributed by atoms with Crippen LogP contribution < -0.4 is 5.32 Å². The molecule has 2 atom stereocenters. The first-order valence-electron chi connectivity index (χ1n) is 9.39. The fraction of sp³-hybridized carbons (Fsp3) is 0.545. The SMILES string of the molecule is CNC(CCC(C)=CCC(C)C(O)CCC1=CC(=O)C=CC1=O)=C(C)C. The molecule has 2 unspecified atom stereocenters. The molecule has 0 aliphatic heterocycles. The second-order valence-electron chi connectivity index (χ2n) is 7.37. The first-order chi connectivity index (χ1) is 12.2. The molecule has 0 aromatic carbocycles. The van der Waals surface area contributed by atoms with Gasteiger partial charge in [-0.1, -0.05) is 24.1 Å².